The molecule has 0 N–H and O–H groups in total. The van der Waals surface area contributed by atoms with E-state index in [4.69, 9.17) is 11.6 Å². The first kappa shape index (κ1) is 18.9. The third-order valence-electron chi connectivity index (χ3n) is 3.70. The van der Waals surface area contributed by atoms with E-state index in [2.05, 4.69) is 9.39 Å². The van der Waals surface area contributed by atoms with E-state index in [9.17, 15) is 13.2 Å². The van der Waals surface area contributed by atoms with Crippen LogP contribution in [-0.2, 0) is 14.8 Å². The number of aryl methyl sites for hydroxylation is 1. The molecule has 0 bridgehead atoms. The Bertz CT molecular complexity index is 1080. The molecule has 1 aliphatic rings. The number of rotatable bonds is 3. The van der Waals surface area contributed by atoms with Crippen LogP contribution in [0.3, 0.4) is 0 Å². The Kier molecular flexibility index (Phi) is 5.48. The summed E-state index contributed by atoms with van der Waals surface area (Å²) in [6.07, 6.45) is 5.72. The van der Waals surface area contributed by atoms with Gasteiger partial charge < -0.3 is 0 Å². The second-order valence-electron chi connectivity index (χ2n) is 5.82. The van der Waals surface area contributed by atoms with Crippen molar-refractivity contribution in [3.63, 3.8) is 0 Å². The minimum absolute atomic E-state index is 0.00545. The molecule has 0 spiro atoms. The standard InChI is InChI=1S/C20H15ClN2O3S/c1-14-2-12-19(13-3-14)27(25,26)23-20(15-4-6-16(21)7-5-15)22-17-8-10-18(24)11-9-17/h2-13H,1H3/b23-20+. The van der Waals surface area contributed by atoms with Crippen LogP contribution in [0.25, 0.3) is 0 Å². The molecule has 3 rings (SSSR count). The minimum atomic E-state index is -3.96. The third kappa shape index (κ3) is 4.87. The predicted octanol–water partition coefficient (Wildman–Crippen LogP) is 3.92. The van der Waals surface area contributed by atoms with E-state index in [1.54, 1.807) is 36.4 Å². The van der Waals surface area contributed by atoms with Crippen molar-refractivity contribution < 1.29 is 13.2 Å². The highest BCUT2D eigenvalue weighted by Crippen LogP contribution is 2.17. The van der Waals surface area contributed by atoms with Crippen molar-refractivity contribution >= 4 is 39.0 Å². The number of aliphatic imine (C=N–C) groups is 1. The largest absolute Gasteiger partial charge is 0.290 e. The number of carbonyl (C=O) groups excluding carboxylic acids is 1. The zero-order valence-electron chi connectivity index (χ0n) is 14.3. The highest BCUT2D eigenvalue weighted by molar-refractivity contribution is 7.90. The van der Waals surface area contributed by atoms with Crippen molar-refractivity contribution in [1.29, 1.82) is 0 Å². The first-order chi connectivity index (χ1) is 12.8. The monoisotopic (exact) mass is 398 g/mol. The number of carbonyl (C=O) groups is 1. The van der Waals surface area contributed by atoms with E-state index in [1.807, 2.05) is 6.92 Å². The predicted molar refractivity (Wildman–Crippen MR) is 107 cm³/mol. The molecule has 0 heterocycles. The molecule has 0 unspecified atom stereocenters. The summed E-state index contributed by atoms with van der Waals surface area (Å²) >= 11 is 5.91. The van der Waals surface area contributed by atoms with Crippen LogP contribution in [0.4, 0.5) is 0 Å². The minimum Gasteiger partial charge on any atom is -0.290 e. The Balaban J connectivity index is 2.10. The van der Waals surface area contributed by atoms with Gasteiger partial charge in [0.05, 0.1) is 10.6 Å². The smallest absolute Gasteiger partial charge is 0.284 e. The molecule has 136 valence electrons. The lowest BCUT2D eigenvalue weighted by Crippen LogP contribution is -2.08. The topological polar surface area (TPSA) is 75.9 Å². The summed E-state index contributed by atoms with van der Waals surface area (Å²) < 4.78 is 29.4. The van der Waals surface area contributed by atoms with Gasteiger partial charge in [0.15, 0.2) is 11.6 Å². The zero-order valence-corrected chi connectivity index (χ0v) is 15.9. The lowest BCUT2D eigenvalue weighted by atomic mass is 10.1. The Hall–Kier alpha value is -2.83. The summed E-state index contributed by atoms with van der Waals surface area (Å²) in [7, 11) is -3.96. The van der Waals surface area contributed by atoms with Gasteiger partial charge >= 0.3 is 0 Å². The SMILES string of the molecule is Cc1ccc(S(=O)(=O)/N=C(/N=C2C=CC(=O)C=C2)c2ccc(Cl)cc2)cc1. The van der Waals surface area contributed by atoms with E-state index in [0.29, 0.717) is 16.3 Å². The van der Waals surface area contributed by atoms with E-state index < -0.39 is 10.0 Å². The number of hydrogen-bond acceptors (Lipinski definition) is 3. The van der Waals surface area contributed by atoms with E-state index >= 15 is 0 Å². The van der Waals surface area contributed by atoms with Crippen LogP contribution in [0.2, 0.25) is 5.02 Å². The summed E-state index contributed by atoms with van der Waals surface area (Å²) in [5.74, 6) is -0.155. The molecule has 0 atom stereocenters. The maximum atomic E-state index is 12.7. The average Bonchev–Trinajstić information content (AvgIpc) is 2.64. The van der Waals surface area contributed by atoms with E-state index in [1.165, 1.54) is 36.4 Å². The fraction of sp³-hybridized carbons (Fsp3) is 0.0500. The Morgan fingerprint density at radius 3 is 2.07 bits per heavy atom. The Morgan fingerprint density at radius 1 is 0.889 bits per heavy atom. The number of allylic oxidation sites excluding steroid dienone is 4. The first-order valence-electron chi connectivity index (χ1n) is 8.00. The summed E-state index contributed by atoms with van der Waals surface area (Å²) in [5.41, 5.74) is 1.85. The second kappa shape index (κ2) is 7.82. The van der Waals surface area contributed by atoms with Gasteiger partial charge in [-0.05, 0) is 67.6 Å². The summed E-state index contributed by atoms with van der Waals surface area (Å²) in [5, 5.41) is 0.509. The fourth-order valence-corrected chi connectivity index (χ4v) is 3.34. The van der Waals surface area contributed by atoms with Crippen molar-refractivity contribution in [1.82, 2.24) is 0 Å². The maximum Gasteiger partial charge on any atom is 0.284 e. The molecule has 2 aromatic rings. The summed E-state index contributed by atoms with van der Waals surface area (Å²) in [6, 6.07) is 12.9. The normalized spacial score (nSPS) is 14.5. The van der Waals surface area contributed by atoms with Gasteiger partial charge in [0.2, 0.25) is 0 Å². The molecule has 0 aromatic heterocycles. The molecular formula is C20H15ClN2O3S. The van der Waals surface area contributed by atoms with E-state index in [-0.39, 0.29) is 16.5 Å². The van der Waals surface area contributed by atoms with Gasteiger partial charge in [-0.25, -0.2) is 4.99 Å². The van der Waals surface area contributed by atoms with Crippen molar-refractivity contribution in [3.05, 3.63) is 89.0 Å². The molecule has 0 aliphatic heterocycles. The lowest BCUT2D eigenvalue weighted by molar-refractivity contribution is -0.110. The Labute approximate surface area is 162 Å². The molecule has 27 heavy (non-hydrogen) atoms. The summed E-state index contributed by atoms with van der Waals surface area (Å²) in [4.78, 5) is 15.7. The van der Waals surface area contributed by atoms with Crippen molar-refractivity contribution in [2.45, 2.75) is 11.8 Å². The molecule has 0 radical (unpaired) electrons. The van der Waals surface area contributed by atoms with Crippen LogP contribution in [-0.4, -0.2) is 25.7 Å². The van der Waals surface area contributed by atoms with Crippen LogP contribution in [0.5, 0.6) is 0 Å². The number of sulfonamides is 1. The van der Waals surface area contributed by atoms with Crippen LogP contribution in [0, 0.1) is 6.92 Å². The van der Waals surface area contributed by atoms with Crippen molar-refractivity contribution in [2.24, 2.45) is 9.39 Å². The number of benzene rings is 2. The van der Waals surface area contributed by atoms with Gasteiger partial charge in [-0.2, -0.15) is 8.42 Å². The van der Waals surface area contributed by atoms with Gasteiger partial charge in [0, 0.05) is 10.6 Å². The molecule has 2 aromatic carbocycles. The van der Waals surface area contributed by atoms with E-state index in [0.717, 1.165) is 5.56 Å². The number of ketones is 1. The van der Waals surface area contributed by atoms with Gasteiger partial charge in [0.25, 0.3) is 10.0 Å². The molecule has 1 aliphatic carbocycles. The highest BCUT2D eigenvalue weighted by Gasteiger charge is 2.16. The molecule has 7 heteroatoms. The van der Waals surface area contributed by atoms with Gasteiger partial charge in [-0.15, -0.1) is 4.40 Å². The van der Waals surface area contributed by atoms with Crippen molar-refractivity contribution in [2.75, 3.05) is 0 Å². The highest BCUT2D eigenvalue weighted by atomic mass is 35.5. The van der Waals surface area contributed by atoms with Crippen LogP contribution in [0.1, 0.15) is 11.1 Å². The third-order valence-corrected chi connectivity index (χ3v) is 5.23. The molecule has 5 nitrogen and oxygen atoms in total. The van der Waals surface area contributed by atoms with Crippen LogP contribution < -0.4 is 0 Å². The maximum absolute atomic E-state index is 12.7. The number of hydrogen-bond donors (Lipinski definition) is 0. The lowest BCUT2D eigenvalue weighted by Gasteiger charge is -2.06. The van der Waals surface area contributed by atoms with Crippen LogP contribution >= 0.6 is 11.6 Å². The van der Waals surface area contributed by atoms with Crippen molar-refractivity contribution in [3.8, 4) is 0 Å². The molecule has 0 saturated carbocycles. The number of halogens is 1. The second-order valence-corrected chi connectivity index (χ2v) is 7.86. The van der Waals surface area contributed by atoms with Gasteiger partial charge in [-0.1, -0.05) is 29.3 Å². The van der Waals surface area contributed by atoms with Crippen LogP contribution in [0.15, 0.2) is 87.1 Å². The number of amidine groups is 1. The number of nitrogens with zero attached hydrogens (tertiary/aromatic N) is 2. The van der Waals surface area contributed by atoms with Gasteiger partial charge in [-0.3, -0.25) is 4.79 Å². The van der Waals surface area contributed by atoms with Gasteiger partial charge in [0.1, 0.15) is 0 Å². The average molecular weight is 399 g/mol. The Morgan fingerprint density at radius 2 is 1.48 bits per heavy atom. The molecule has 0 saturated heterocycles. The fourth-order valence-electron chi connectivity index (χ4n) is 2.26. The molecule has 0 amide bonds. The molecular weight excluding hydrogens is 384 g/mol. The zero-order chi connectivity index (χ0) is 19.4. The molecule has 0 fully saturated rings. The first-order valence-corrected chi connectivity index (χ1v) is 9.82. The quantitative estimate of drug-likeness (QED) is 0.446. The summed E-state index contributed by atoms with van der Waals surface area (Å²) in [6.45, 7) is 1.87.